The molecule has 0 amide bonds. The number of rotatable bonds is 6. The highest BCUT2D eigenvalue weighted by Gasteiger charge is 2.13. The minimum atomic E-state index is -0.524. The summed E-state index contributed by atoms with van der Waals surface area (Å²) in [4.78, 5) is 24.5. The van der Waals surface area contributed by atoms with E-state index in [9.17, 15) is 4.79 Å². The van der Waals surface area contributed by atoms with Crippen LogP contribution in [0.5, 0.6) is 0 Å². The lowest BCUT2D eigenvalue weighted by Gasteiger charge is -2.06. The molecule has 0 aromatic carbocycles. The summed E-state index contributed by atoms with van der Waals surface area (Å²) in [7, 11) is 1.81. The molecule has 0 spiro atoms. The molecule has 0 aliphatic rings. The Kier molecular flexibility index (Phi) is 5.61. The number of nitrogens with zero attached hydrogens (tertiary/aromatic N) is 5. The van der Waals surface area contributed by atoms with Gasteiger partial charge in [0.25, 0.3) is 0 Å². The quantitative estimate of drug-likeness (QED) is 0.467. The number of aromatic nitrogens is 4. The van der Waals surface area contributed by atoms with Crippen LogP contribution in [0, 0.1) is 0 Å². The second-order valence-electron chi connectivity index (χ2n) is 4.76. The molecule has 2 aromatic rings. The smallest absolute Gasteiger partial charge is 0.341 e. The SMILES string of the molecule is CCOC(=O)C(=CN)C(C)=Nc1ccnc(Nc2cnn(C)c2)n1. The van der Waals surface area contributed by atoms with Crippen LogP contribution in [0.25, 0.3) is 0 Å². The van der Waals surface area contributed by atoms with Gasteiger partial charge in [-0.2, -0.15) is 10.1 Å². The first kappa shape index (κ1) is 17.1. The molecule has 0 fully saturated rings. The van der Waals surface area contributed by atoms with Gasteiger partial charge in [0, 0.05) is 31.7 Å². The van der Waals surface area contributed by atoms with Crippen LogP contribution in [0.2, 0.25) is 0 Å². The van der Waals surface area contributed by atoms with E-state index in [2.05, 4.69) is 25.4 Å². The number of aryl methyl sites for hydroxylation is 1. The molecule has 0 aliphatic carbocycles. The third-order valence-electron chi connectivity index (χ3n) is 2.94. The van der Waals surface area contributed by atoms with Gasteiger partial charge in [-0.1, -0.05) is 0 Å². The number of nitrogens with two attached hydrogens (primary N) is 1. The van der Waals surface area contributed by atoms with E-state index in [0.29, 0.717) is 17.5 Å². The molecule has 24 heavy (non-hydrogen) atoms. The molecule has 9 nitrogen and oxygen atoms in total. The van der Waals surface area contributed by atoms with E-state index in [1.54, 1.807) is 43.2 Å². The van der Waals surface area contributed by atoms with E-state index >= 15 is 0 Å². The fraction of sp³-hybridized carbons (Fsp3) is 0.267. The van der Waals surface area contributed by atoms with Gasteiger partial charge in [0.1, 0.15) is 0 Å². The third-order valence-corrected chi connectivity index (χ3v) is 2.94. The fourth-order valence-corrected chi connectivity index (χ4v) is 1.86. The number of carbonyl (C=O) groups excluding carboxylic acids is 1. The Balaban J connectivity index is 2.19. The Morgan fingerprint density at radius 3 is 2.96 bits per heavy atom. The van der Waals surface area contributed by atoms with Crippen molar-refractivity contribution in [3.05, 3.63) is 36.4 Å². The number of carbonyl (C=O) groups is 1. The van der Waals surface area contributed by atoms with Crippen molar-refractivity contribution in [3.63, 3.8) is 0 Å². The zero-order chi connectivity index (χ0) is 17.5. The molecular formula is C15H19N7O2. The summed E-state index contributed by atoms with van der Waals surface area (Å²) in [6.07, 6.45) is 6.18. The highest BCUT2D eigenvalue weighted by molar-refractivity contribution is 6.19. The zero-order valence-corrected chi connectivity index (χ0v) is 13.7. The van der Waals surface area contributed by atoms with Crippen LogP contribution in [-0.4, -0.2) is 38.0 Å². The van der Waals surface area contributed by atoms with E-state index in [4.69, 9.17) is 10.5 Å². The van der Waals surface area contributed by atoms with Crippen molar-refractivity contribution in [1.29, 1.82) is 0 Å². The maximum Gasteiger partial charge on any atom is 0.341 e. The lowest BCUT2D eigenvalue weighted by molar-refractivity contribution is -0.137. The van der Waals surface area contributed by atoms with Crippen molar-refractivity contribution in [1.82, 2.24) is 19.7 Å². The summed E-state index contributed by atoms with van der Waals surface area (Å²) in [5.74, 6) is 0.230. The molecule has 126 valence electrons. The molecular weight excluding hydrogens is 310 g/mol. The number of nitrogens with one attached hydrogen (secondary N) is 1. The Labute approximate surface area is 139 Å². The molecule has 0 radical (unpaired) electrons. The van der Waals surface area contributed by atoms with Crippen molar-refractivity contribution in [2.45, 2.75) is 13.8 Å². The van der Waals surface area contributed by atoms with Gasteiger partial charge in [-0.25, -0.2) is 14.8 Å². The Bertz CT molecular complexity index is 780. The molecule has 0 bridgehead atoms. The zero-order valence-electron chi connectivity index (χ0n) is 13.7. The van der Waals surface area contributed by atoms with Crippen molar-refractivity contribution in [2.75, 3.05) is 11.9 Å². The topological polar surface area (TPSA) is 120 Å². The van der Waals surface area contributed by atoms with Crippen LogP contribution in [0.4, 0.5) is 17.5 Å². The number of hydrogen-bond donors (Lipinski definition) is 2. The minimum Gasteiger partial charge on any atom is -0.462 e. The monoisotopic (exact) mass is 329 g/mol. The lowest BCUT2D eigenvalue weighted by Crippen LogP contribution is -2.15. The third kappa shape index (κ3) is 4.38. The molecule has 9 heteroatoms. The molecule has 0 atom stereocenters. The van der Waals surface area contributed by atoms with Crippen LogP contribution in [0.15, 0.2) is 41.4 Å². The molecule has 0 saturated heterocycles. The number of ether oxygens (including phenoxy) is 1. The summed E-state index contributed by atoms with van der Waals surface area (Å²) in [6, 6.07) is 1.62. The van der Waals surface area contributed by atoms with Crippen LogP contribution >= 0.6 is 0 Å². The highest BCUT2D eigenvalue weighted by Crippen LogP contribution is 2.16. The highest BCUT2D eigenvalue weighted by atomic mass is 16.5. The number of anilines is 2. The van der Waals surface area contributed by atoms with Gasteiger partial charge in [-0.05, 0) is 13.8 Å². The standard InChI is InChI=1S/C15H19N7O2/c1-4-24-14(23)12(7-16)10(2)19-13-5-6-17-15(21-13)20-11-8-18-22(3)9-11/h5-9H,4,16H2,1-3H3,(H,17,20,21). The Hall–Kier alpha value is -3.23. The molecule has 0 unspecified atom stereocenters. The first-order chi connectivity index (χ1) is 11.5. The molecule has 0 saturated carbocycles. The first-order valence-electron chi connectivity index (χ1n) is 7.27. The maximum atomic E-state index is 11.8. The van der Waals surface area contributed by atoms with E-state index in [-0.39, 0.29) is 12.2 Å². The normalized spacial score (nSPS) is 12.1. The number of esters is 1. The summed E-state index contributed by atoms with van der Waals surface area (Å²) < 4.78 is 6.60. The summed E-state index contributed by atoms with van der Waals surface area (Å²) in [5, 5.41) is 7.07. The molecule has 2 heterocycles. The van der Waals surface area contributed by atoms with Crippen LogP contribution < -0.4 is 11.1 Å². The first-order valence-corrected chi connectivity index (χ1v) is 7.27. The molecule has 2 rings (SSSR count). The van der Waals surface area contributed by atoms with E-state index < -0.39 is 5.97 Å². The molecule has 2 aromatic heterocycles. The molecule has 0 aliphatic heterocycles. The average molecular weight is 329 g/mol. The average Bonchev–Trinajstić information content (AvgIpc) is 2.93. The van der Waals surface area contributed by atoms with E-state index in [0.717, 1.165) is 5.69 Å². The number of aliphatic imine (C=N–C) groups is 1. The van der Waals surface area contributed by atoms with Crippen LogP contribution in [0.3, 0.4) is 0 Å². The van der Waals surface area contributed by atoms with Gasteiger partial charge in [-0.15, -0.1) is 0 Å². The summed E-state index contributed by atoms with van der Waals surface area (Å²) in [6.45, 7) is 3.64. The number of hydrogen-bond acceptors (Lipinski definition) is 8. The fourth-order valence-electron chi connectivity index (χ4n) is 1.86. The van der Waals surface area contributed by atoms with Crippen molar-refractivity contribution < 1.29 is 9.53 Å². The van der Waals surface area contributed by atoms with Crippen LogP contribution in [-0.2, 0) is 16.6 Å². The van der Waals surface area contributed by atoms with Crippen molar-refractivity contribution >= 4 is 29.1 Å². The van der Waals surface area contributed by atoms with Gasteiger partial charge in [-0.3, -0.25) is 4.68 Å². The Morgan fingerprint density at radius 2 is 2.33 bits per heavy atom. The minimum absolute atomic E-state index is 0.192. The molecule has 3 N–H and O–H groups in total. The lowest BCUT2D eigenvalue weighted by atomic mass is 10.2. The largest absolute Gasteiger partial charge is 0.462 e. The van der Waals surface area contributed by atoms with E-state index in [1.807, 2.05) is 7.05 Å². The Morgan fingerprint density at radius 1 is 1.54 bits per heavy atom. The second kappa shape index (κ2) is 7.86. The van der Waals surface area contributed by atoms with Gasteiger partial charge in [0.15, 0.2) is 5.82 Å². The maximum absolute atomic E-state index is 11.8. The van der Waals surface area contributed by atoms with E-state index in [1.165, 1.54) is 6.20 Å². The van der Waals surface area contributed by atoms with Crippen LogP contribution in [0.1, 0.15) is 13.8 Å². The predicted molar refractivity (Wildman–Crippen MR) is 90.2 cm³/mol. The summed E-state index contributed by atoms with van der Waals surface area (Å²) >= 11 is 0. The van der Waals surface area contributed by atoms with Gasteiger partial charge in [0.05, 0.1) is 29.8 Å². The van der Waals surface area contributed by atoms with Gasteiger partial charge in [0.2, 0.25) is 5.95 Å². The summed E-state index contributed by atoms with van der Waals surface area (Å²) in [5.41, 5.74) is 6.85. The van der Waals surface area contributed by atoms with Gasteiger partial charge < -0.3 is 15.8 Å². The van der Waals surface area contributed by atoms with Gasteiger partial charge >= 0.3 is 5.97 Å². The van der Waals surface area contributed by atoms with Crippen molar-refractivity contribution in [3.8, 4) is 0 Å². The second-order valence-corrected chi connectivity index (χ2v) is 4.76. The predicted octanol–water partition coefficient (Wildman–Crippen LogP) is 1.45. The van der Waals surface area contributed by atoms with Crippen molar-refractivity contribution in [2.24, 2.45) is 17.8 Å².